The van der Waals surface area contributed by atoms with Crippen LogP contribution in [-0.4, -0.2) is 40.1 Å². The highest BCUT2D eigenvalue weighted by Crippen LogP contribution is 2.50. The highest BCUT2D eigenvalue weighted by atomic mass is 16.2. The second-order valence-electron chi connectivity index (χ2n) is 6.53. The summed E-state index contributed by atoms with van der Waals surface area (Å²) in [5.74, 6) is -0.139. The normalized spacial score (nSPS) is 22.7. The highest BCUT2D eigenvalue weighted by Gasteiger charge is 2.59. The van der Waals surface area contributed by atoms with Gasteiger partial charge in [0.15, 0.2) is 0 Å². The number of nitrogens with one attached hydrogen (secondary N) is 1. The van der Waals surface area contributed by atoms with Gasteiger partial charge in [0.2, 0.25) is 11.8 Å². The minimum atomic E-state index is -0.804. The van der Waals surface area contributed by atoms with Crippen LogP contribution < -0.4 is 5.32 Å². The number of nitrogens with zero attached hydrogens (tertiary/aromatic N) is 3. The van der Waals surface area contributed by atoms with E-state index in [0.717, 1.165) is 36.3 Å². The molecule has 0 spiro atoms. The Morgan fingerprint density at radius 1 is 1.32 bits per heavy atom. The standard InChI is InChI=1S/C16H24N4O2/c1-10-13(11(2)19(4)18-10)12-6-5-9-20(12)15(22)16(7-8-16)14(21)17-3/h12H,5-9H2,1-4H3,(H,17,21)/t12-/m1/s1. The molecule has 2 heterocycles. The predicted octanol–water partition coefficient (Wildman–Crippen LogP) is 1.23. The first-order valence-corrected chi connectivity index (χ1v) is 7.95. The summed E-state index contributed by atoms with van der Waals surface area (Å²) in [4.78, 5) is 27.0. The SMILES string of the molecule is CNC(=O)C1(C(=O)N2CCC[C@@H]2c2c(C)nn(C)c2C)CC1. The average molecular weight is 304 g/mol. The van der Waals surface area contributed by atoms with Gasteiger partial charge in [-0.05, 0) is 39.5 Å². The fraction of sp³-hybridized carbons (Fsp3) is 0.688. The number of hydrogen-bond donors (Lipinski definition) is 1. The summed E-state index contributed by atoms with van der Waals surface area (Å²) < 4.78 is 1.87. The Balaban J connectivity index is 1.91. The van der Waals surface area contributed by atoms with Gasteiger partial charge in [-0.25, -0.2) is 0 Å². The molecule has 3 rings (SSSR count). The third-order valence-corrected chi connectivity index (χ3v) is 5.23. The Hall–Kier alpha value is -1.85. The molecular formula is C16H24N4O2. The number of likely N-dealkylation sites (tertiary alicyclic amines) is 1. The molecule has 0 unspecified atom stereocenters. The number of aryl methyl sites for hydroxylation is 2. The van der Waals surface area contributed by atoms with Crippen molar-refractivity contribution in [3.05, 3.63) is 17.0 Å². The van der Waals surface area contributed by atoms with E-state index >= 15 is 0 Å². The third kappa shape index (κ3) is 2.04. The Morgan fingerprint density at radius 3 is 2.50 bits per heavy atom. The molecule has 22 heavy (non-hydrogen) atoms. The molecule has 0 radical (unpaired) electrons. The first kappa shape index (κ1) is 15.1. The molecule has 1 aliphatic carbocycles. The molecular weight excluding hydrogens is 280 g/mol. The van der Waals surface area contributed by atoms with Gasteiger partial charge in [0.1, 0.15) is 5.41 Å². The van der Waals surface area contributed by atoms with Crippen LogP contribution in [0.15, 0.2) is 0 Å². The fourth-order valence-corrected chi connectivity index (χ4v) is 3.76. The monoisotopic (exact) mass is 304 g/mol. The summed E-state index contributed by atoms with van der Waals surface area (Å²) in [6.07, 6.45) is 3.26. The van der Waals surface area contributed by atoms with Gasteiger partial charge < -0.3 is 10.2 Å². The Bertz CT molecular complexity index is 630. The molecule has 1 saturated carbocycles. The minimum absolute atomic E-state index is 0.00277. The van der Waals surface area contributed by atoms with Crippen LogP contribution in [0.3, 0.4) is 0 Å². The van der Waals surface area contributed by atoms with E-state index in [9.17, 15) is 9.59 Å². The van der Waals surface area contributed by atoms with Crippen molar-refractivity contribution in [2.75, 3.05) is 13.6 Å². The topological polar surface area (TPSA) is 67.2 Å². The van der Waals surface area contributed by atoms with Gasteiger partial charge in [0.25, 0.3) is 0 Å². The molecule has 1 saturated heterocycles. The van der Waals surface area contributed by atoms with Crippen molar-refractivity contribution in [1.82, 2.24) is 20.0 Å². The van der Waals surface area contributed by atoms with E-state index in [4.69, 9.17) is 0 Å². The zero-order valence-electron chi connectivity index (χ0n) is 13.8. The van der Waals surface area contributed by atoms with Crippen LogP contribution in [0.2, 0.25) is 0 Å². The van der Waals surface area contributed by atoms with Crippen LogP contribution >= 0.6 is 0 Å². The van der Waals surface area contributed by atoms with Crippen molar-refractivity contribution >= 4 is 11.8 Å². The lowest BCUT2D eigenvalue weighted by molar-refractivity contribution is -0.144. The molecule has 1 aromatic rings. The molecule has 1 N–H and O–H groups in total. The van der Waals surface area contributed by atoms with E-state index in [2.05, 4.69) is 10.4 Å². The minimum Gasteiger partial charge on any atom is -0.358 e. The molecule has 120 valence electrons. The van der Waals surface area contributed by atoms with E-state index in [1.165, 1.54) is 0 Å². The summed E-state index contributed by atoms with van der Waals surface area (Å²) in [7, 11) is 3.53. The van der Waals surface area contributed by atoms with Gasteiger partial charge >= 0.3 is 0 Å². The lowest BCUT2D eigenvalue weighted by Gasteiger charge is -2.28. The van der Waals surface area contributed by atoms with Gasteiger partial charge in [-0.3, -0.25) is 14.3 Å². The lowest BCUT2D eigenvalue weighted by Crippen LogP contribution is -2.44. The van der Waals surface area contributed by atoms with Gasteiger partial charge in [-0.15, -0.1) is 0 Å². The van der Waals surface area contributed by atoms with Gasteiger partial charge in [0.05, 0.1) is 11.7 Å². The fourth-order valence-electron chi connectivity index (χ4n) is 3.76. The molecule has 1 atom stereocenters. The van der Waals surface area contributed by atoms with Crippen LogP contribution in [-0.2, 0) is 16.6 Å². The largest absolute Gasteiger partial charge is 0.358 e. The summed E-state index contributed by atoms with van der Waals surface area (Å²) in [6, 6.07) is 0.0586. The maximum absolute atomic E-state index is 13.0. The van der Waals surface area contributed by atoms with Gasteiger partial charge in [-0.2, -0.15) is 5.10 Å². The molecule has 2 amide bonds. The summed E-state index contributed by atoms with van der Waals surface area (Å²) in [6.45, 7) is 4.77. The smallest absolute Gasteiger partial charge is 0.238 e. The summed E-state index contributed by atoms with van der Waals surface area (Å²) >= 11 is 0. The van der Waals surface area contributed by atoms with Crippen LogP contribution in [0.25, 0.3) is 0 Å². The maximum Gasteiger partial charge on any atom is 0.238 e. The summed E-state index contributed by atoms with van der Waals surface area (Å²) in [5.41, 5.74) is 2.43. The Kier molecular flexibility index (Phi) is 3.50. The van der Waals surface area contributed by atoms with Crippen LogP contribution in [0.5, 0.6) is 0 Å². The Labute approximate surface area is 130 Å². The van der Waals surface area contributed by atoms with Crippen LogP contribution in [0.1, 0.15) is 48.7 Å². The van der Waals surface area contributed by atoms with E-state index < -0.39 is 5.41 Å². The van der Waals surface area contributed by atoms with E-state index in [1.54, 1.807) is 7.05 Å². The van der Waals surface area contributed by atoms with Gasteiger partial charge in [0, 0.05) is 31.9 Å². The number of rotatable bonds is 3. The maximum atomic E-state index is 13.0. The number of aromatic nitrogens is 2. The van der Waals surface area contributed by atoms with Gasteiger partial charge in [-0.1, -0.05) is 0 Å². The molecule has 0 bridgehead atoms. The molecule has 1 aromatic heterocycles. The van der Waals surface area contributed by atoms with Crippen LogP contribution in [0.4, 0.5) is 0 Å². The molecule has 6 heteroatoms. The third-order valence-electron chi connectivity index (χ3n) is 5.23. The molecule has 2 aliphatic rings. The molecule has 6 nitrogen and oxygen atoms in total. The molecule has 1 aliphatic heterocycles. The number of carbonyl (C=O) groups excluding carboxylic acids is 2. The highest BCUT2D eigenvalue weighted by molar-refractivity contribution is 6.08. The van der Waals surface area contributed by atoms with Crippen molar-refractivity contribution in [1.29, 1.82) is 0 Å². The second-order valence-corrected chi connectivity index (χ2v) is 6.53. The van der Waals surface area contributed by atoms with Crippen LogP contribution in [0, 0.1) is 19.3 Å². The number of amides is 2. The van der Waals surface area contributed by atoms with Crippen molar-refractivity contribution in [3.63, 3.8) is 0 Å². The van der Waals surface area contributed by atoms with Crippen molar-refractivity contribution < 1.29 is 9.59 Å². The predicted molar refractivity (Wildman–Crippen MR) is 82.1 cm³/mol. The molecule has 2 fully saturated rings. The summed E-state index contributed by atoms with van der Waals surface area (Å²) in [5, 5.41) is 7.13. The lowest BCUT2D eigenvalue weighted by atomic mass is 9.99. The first-order chi connectivity index (χ1) is 10.4. The van der Waals surface area contributed by atoms with E-state index in [1.807, 2.05) is 30.5 Å². The number of hydrogen-bond acceptors (Lipinski definition) is 3. The second kappa shape index (κ2) is 5.11. The van der Waals surface area contributed by atoms with E-state index in [0.29, 0.717) is 12.8 Å². The first-order valence-electron chi connectivity index (χ1n) is 7.95. The van der Waals surface area contributed by atoms with Crippen molar-refractivity contribution in [2.45, 2.75) is 45.6 Å². The van der Waals surface area contributed by atoms with Crippen molar-refractivity contribution in [2.24, 2.45) is 12.5 Å². The van der Waals surface area contributed by atoms with E-state index in [-0.39, 0.29) is 17.9 Å². The Morgan fingerprint density at radius 2 is 2.00 bits per heavy atom. The zero-order valence-corrected chi connectivity index (χ0v) is 13.8. The van der Waals surface area contributed by atoms with Crippen molar-refractivity contribution in [3.8, 4) is 0 Å². The average Bonchev–Trinajstić information content (AvgIpc) is 3.11. The zero-order chi connectivity index (χ0) is 16.1. The number of carbonyl (C=O) groups is 2. The molecule has 0 aromatic carbocycles. The quantitative estimate of drug-likeness (QED) is 0.854.